The molecule has 0 spiro atoms. The van der Waals surface area contributed by atoms with E-state index in [1.54, 1.807) is 30.3 Å². The Bertz CT molecular complexity index is 868. The lowest BCUT2D eigenvalue weighted by molar-refractivity contribution is 0.297. The van der Waals surface area contributed by atoms with Crippen molar-refractivity contribution in [3.63, 3.8) is 0 Å². The third-order valence-corrected chi connectivity index (χ3v) is 4.69. The van der Waals surface area contributed by atoms with Crippen LogP contribution in [0.15, 0.2) is 47.4 Å². The lowest BCUT2D eigenvalue weighted by atomic mass is 10.2. The molecule has 23 heavy (non-hydrogen) atoms. The Kier molecular flexibility index (Phi) is 4.13. The third-order valence-electron chi connectivity index (χ3n) is 3.31. The number of sulfonamides is 1. The summed E-state index contributed by atoms with van der Waals surface area (Å²) >= 11 is 0. The van der Waals surface area contributed by atoms with Crippen LogP contribution in [0.3, 0.4) is 0 Å². The molecular weight excluding hydrogens is 314 g/mol. The smallest absolute Gasteiger partial charge is 0.262 e. The van der Waals surface area contributed by atoms with Gasteiger partial charge in [-0.1, -0.05) is 12.0 Å². The van der Waals surface area contributed by atoms with E-state index in [0.29, 0.717) is 36.0 Å². The van der Waals surface area contributed by atoms with Crippen LogP contribution >= 0.6 is 0 Å². The minimum atomic E-state index is -3.74. The van der Waals surface area contributed by atoms with Crippen LogP contribution in [0.25, 0.3) is 0 Å². The fourth-order valence-corrected chi connectivity index (χ4v) is 3.26. The van der Waals surface area contributed by atoms with Crippen LogP contribution in [0.2, 0.25) is 0 Å². The van der Waals surface area contributed by atoms with Crippen LogP contribution in [0.5, 0.6) is 11.5 Å². The molecule has 0 bridgehead atoms. The molecule has 6 heteroatoms. The van der Waals surface area contributed by atoms with E-state index < -0.39 is 10.0 Å². The predicted molar refractivity (Wildman–Crippen MR) is 87.2 cm³/mol. The topological polar surface area (TPSA) is 64.6 Å². The van der Waals surface area contributed by atoms with E-state index in [9.17, 15) is 8.42 Å². The predicted octanol–water partition coefficient (Wildman–Crippen LogP) is 2.63. The van der Waals surface area contributed by atoms with Crippen LogP contribution in [0, 0.1) is 12.3 Å². The molecule has 0 aromatic heterocycles. The van der Waals surface area contributed by atoms with Gasteiger partial charge in [-0.3, -0.25) is 4.72 Å². The second-order valence-corrected chi connectivity index (χ2v) is 6.67. The summed E-state index contributed by atoms with van der Waals surface area (Å²) in [5, 5.41) is 0. The highest BCUT2D eigenvalue weighted by Crippen LogP contribution is 2.32. The van der Waals surface area contributed by atoms with Gasteiger partial charge in [-0.25, -0.2) is 8.42 Å². The zero-order valence-corrected chi connectivity index (χ0v) is 13.1. The fraction of sp³-hybridized carbons (Fsp3) is 0.176. The second kappa shape index (κ2) is 6.23. The summed E-state index contributed by atoms with van der Waals surface area (Å²) in [4.78, 5) is 0.105. The van der Waals surface area contributed by atoms with Crippen LogP contribution in [0.1, 0.15) is 12.0 Å². The fourth-order valence-electron chi connectivity index (χ4n) is 2.20. The zero-order valence-electron chi connectivity index (χ0n) is 12.3. The molecule has 0 unspecified atom stereocenters. The number of terminal acetylenes is 1. The number of ether oxygens (including phenoxy) is 2. The summed E-state index contributed by atoms with van der Waals surface area (Å²) in [7, 11) is -3.74. The molecule has 0 saturated carbocycles. The summed E-state index contributed by atoms with van der Waals surface area (Å²) in [5.41, 5.74) is 1.01. The molecule has 0 amide bonds. The Morgan fingerprint density at radius 3 is 2.61 bits per heavy atom. The average Bonchev–Trinajstić information content (AvgIpc) is 2.79. The van der Waals surface area contributed by atoms with Gasteiger partial charge in [0.2, 0.25) is 0 Å². The largest absolute Gasteiger partial charge is 0.490 e. The van der Waals surface area contributed by atoms with Crippen molar-refractivity contribution in [2.75, 3.05) is 17.9 Å². The number of benzene rings is 2. The van der Waals surface area contributed by atoms with E-state index in [2.05, 4.69) is 10.6 Å². The van der Waals surface area contributed by atoms with Crippen molar-refractivity contribution < 1.29 is 17.9 Å². The monoisotopic (exact) mass is 329 g/mol. The molecule has 118 valence electrons. The molecular formula is C17H15NO4S. The lowest BCUT2D eigenvalue weighted by Crippen LogP contribution is -2.13. The Hall–Kier alpha value is -2.65. The van der Waals surface area contributed by atoms with Gasteiger partial charge >= 0.3 is 0 Å². The molecule has 0 radical (unpaired) electrons. The van der Waals surface area contributed by atoms with Crippen molar-refractivity contribution in [2.45, 2.75) is 11.3 Å². The van der Waals surface area contributed by atoms with Gasteiger partial charge in [0.25, 0.3) is 10.0 Å². The van der Waals surface area contributed by atoms with Gasteiger partial charge in [-0.15, -0.1) is 6.42 Å². The molecule has 5 nitrogen and oxygen atoms in total. The quantitative estimate of drug-likeness (QED) is 0.879. The first-order chi connectivity index (χ1) is 11.1. The molecule has 1 N–H and O–H groups in total. The Labute approximate surface area is 135 Å². The number of fused-ring (bicyclic) bond motifs is 1. The Morgan fingerprint density at radius 2 is 1.83 bits per heavy atom. The number of hydrogen-bond donors (Lipinski definition) is 1. The number of anilines is 1. The first-order valence-electron chi connectivity index (χ1n) is 7.08. The van der Waals surface area contributed by atoms with Crippen molar-refractivity contribution in [1.82, 2.24) is 0 Å². The van der Waals surface area contributed by atoms with Gasteiger partial charge in [0.05, 0.1) is 23.8 Å². The van der Waals surface area contributed by atoms with Gasteiger partial charge < -0.3 is 9.47 Å². The number of hydrogen-bond acceptors (Lipinski definition) is 4. The average molecular weight is 329 g/mol. The van der Waals surface area contributed by atoms with Crippen molar-refractivity contribution in [3.05, 3.63) is 48.0 Å². The van der Waals surface area contributed by atoms with Gasteiger partial charge in [0.1, 0.15) is 0 Å². The molecule has 0 atom stereocenters. The van der Waals surface area contributed by atoms with Crippen LogP contribution in [0.4, 0.5) is 5.69 Å². The van der Waals surface area contributed by atoms with Crippen molar-refractivity contribution in [3.8, 4) is 23.8 Å². The highest BCUT2D eigenvalue weighted by Gasteiger charge is 2.19. The van der Waals surface area contributed by atoms with Crippen molar-refractivity contribution >= 4 is 15.7 Å². The van der Waals surface area contributed by atoms with E-state index >= 15 is 0 Å². The molecule has 1 heterocycles. The molecule has 0 saturated heterocycles. The van der Waals surface area contributed by atoms with Crippen LogP contribution < -0.4 is 14.2 Å². The first kappa shape index (κ1) is 15.3. The van der Waals surface area contributed by atoms with E-state index in [-0.39, 0.29) is 4.90 Å². The Morgan fingerprint density at radius 1 is 1.04 bits per heavy atom. The zero-order chi connectivity index (χ0) is 16.3. The third kappa shape index (κ3) is 3.41. The summed E-state index contributed by atoms with van der Waals surface area (Å²) in [6, 6.07) is 11.2. The first-order valence-corrected chi connectivity index (χ1v) is 8.56. The maximum Gasteiger partial charge on any atom is 0.262 e. The number of rotatable bonds is 3. The molecule has 1 aliphatic rings. The second-order valence-electron chi connectivity index (χ2n) is 4.99. The Balaban J connectivity index is 1.90. The van der Waals surface area contributed by atoms with Gasteiger partial charge in [0.15, 0.2) is 11.5 Å². The van der Waals surface area contributed by atoms with Gasteiger partial charge in [0, 0.05) is 18.1 Å². The van der Waals surface area contributed by atoms with Crippen molar-refractivity contribution in [1.29, 1.82) is 0 Å². The molecule has 3 rings (SSSR count). The molecule has 2 aromatic rings. The summed E-state index contributed by atoms with van der Waals surface area (Å²) in [6.45, 7) is 1.05. The van der Waals surface area contributed by atoms with E-state index in [1.807, 2.05) is 0 Å². The van der Waals surface area contributed by atoms with Gasteiger partial charge in [-0.05, 0) is 30.3 Å². The van der Waals surface area contributed by atoms with Crippen LogP contribution in [-0.4, -0.2) is 21.6 Å². The van der Waals surface area contributed by atoms with E-state index in [1.165, 1.54) is 12.1 Å². The standard InChI is InChI=1S/C17H15NO4S/c1-2-13-5-3-6-14(11-13)18-23(19,20)15-7-8-16-17(12-15)22-10-4-9-21-16/h1,3,5-8,11-12,18H,4,9-10H2. The van der Waals surface area contributed by atoms with Gasteiger partial charge in [-0.2, -0.15) is 0 Å². The van der Waals surface area contributed by atoms with Crippen LogP contribution in [-0.2, 0) is 10.0 Å². The normalized spacial score (nSPS) is 13.7. The minimum Gasteiger partial charge on any atom is -0.490 e. The summed E-state index contributed by atoms with van der Waals surface area (Å²) in [5.74, 6) is 3.45. The summed E-state index contributed by atoms with van der Waals surface area (Å²) < 4.78 is 38.6. The number of nitrogens with one attached hydrogen (secondary N) is 1. The lowest BCUT2D eigenvalue weighted by Gasteiger charge is -2.11. The summed E-state index contributed by atoms with van der Waals surface area (Å²) in [6.07, 6.45) is 6.08. The molecule has 2 aromatic carbocycles. The molecule has 1 aliphatic heterocycles. The van der Waals surface area contributed by atoms with Crippen molar-refractivity contribution in [2.24, 2.45) is 0 Å². The maximum atomic E-state index is 12.5. The SMILES string of the molecule is C#Cc1cccc(NS(=O)(=O)c2ccc3c(c2)OCCCO3)c1. The highest BCUT2D eigenvalue weighted by molar-refractivity contribution is 7.92. The van der Waals surface area contributed by atoms with E-state index in [0.717, 1.165) is 6.42 Å². The molecule has 0 aliphatic carbocycles. The maximum absolute atomic E-state index is 12.5. The molecule has 0 fully saturated rings. The van der Waals surface area contributed by atoms with E-state index in [4.69, 9.17) is 15.9 Å². The highest BCUT2D eigenvalue weighted by atomic mass is 32.2. The minimum absolute atomic E-state index is 0.105.